The van der Waals surface area contributed by atoms with Gasteiger partial charge in [0, 0.05) is 30.6 Å². The van der Waals surface area contributed by atoms with Crippen LogP contribution in [0, 0.1) is 6.92 Å². The molecule has 122 valence electrons. The predicted molar refractivity (Wildman–Crippen MR) is 90.0 cm³/mol. The largest absolute Gasteiger partial charge is 0.497 e. The highest BCUT2D eigenvalue weighted by molar-refractivity contribution is 5.42. The van der Waals surface area contributed by atoms with E-state index in [1.807, 2.05) is 25.1 Å². The zero-order chi connectivity index (χ0) is 16.1. The maximum Gasteiger partial charge on any atom is 0.222 e. The van der Waals surface area contributed by atoms with E-state index in [2.05, 4.69) is 15.3 Å². The highest BCUT2D eigenvalue weighted by Gasteiger charge is 2.18. The molecule has 1 N–H and O–H groups in total. The minimum absolute atomic E-state index is 0.316. The molecule has 0 spiro atoms. The van der Waals surface area contributed by atoms with E-state index in [-0.39, 0.29) is 0 Å². The van der Waals surface area contributed by atoms with Crippen molar-refractivity contribution in [2.75, 3.05) is 12.4 Å². The molecule has 0 saturated heterocycles. The molecule has 2 aromatic rings. The lowest BCUT2D eigenvalue weighted by atomic mass is 10.2. The van der Waals surface area contributed by atoms with E-state index < -0.39 is 0 Å². The van der Waals surface area contributed by atoms with Gasteiger partial charge in [-0.1, -0.05) is 0 Å². The van der Waals surface area contributed by atoms with Crippen molar-refractivity contribution in [2.24, 2.45) is 0 Å². The van der Waals surface area contributed by atoms with Crippen LogP contribution in [0.25, 0.3) is 0 Å². The summed E-state index contributed by atoms with van der Waals surface area (Å²) in [7, 11) is 1.67. The zero-order valence-corrected chi connectivity index (χ0v) is 13.7. The Morgan fingerprint density at radius 1 is 1.17 bits per heavy atom. The number of methoxy groups -OCH3 is 1. The van der Waals surface area contributed by atoms with E-state index >= 15 is 0 Å². The van der Waals surface area contributed by atoms with Gasteiger partial charge in [-0.25, -0.2) is 9.97 Å². The standard InChI is InChI=1S/C18H23N3O2/c1-13-10-19-18(20-11-13)21-12-14-7-8-16(22-2)9-17(14)23-15-5-3-4-6-15/h7-11,15H,3-6,12H2,1-2H3,(H,19,20,21). The van der Waals surface area contributed by atoms with E-state index in [4.69, 9.17) is 9.47 Å². The van der Waals surface area contributed by atoms with E-state index in [0.717, 1.165) is 35.5 Å². The molecule has 5 heteroatoms. The van der Waals surface area contributed by atoms with Crippen LogP contribution in [0.3, 0.4) is 0 Å². The first-order valence-electron chi connectivity index (χ1n) is 8.10. The van der Waals surface area contributed by atoms with Crippen LogP contribution in [-0.2, 0) is 6.54 Å². The molecule has 0 amide bonds. The lowest BCUT2D eigenvalue weighted by Gasteiger charge is -2.18. The second-order valence-corrected chi connectivity index (χ2v) is 5.94. The third-order valence-corrected chi connectivity index (χ3v) is 4.09. The summed E-state index contributed by atoms with van der Waals surface area (Å²) in [6.45, 7) is 2.59. The van der Waals surface area contributed by atoms with Crippen molar-refractivity contribution >= 4 is 5.95 Å². The molecule has 3 rings (SSSR count). The average Bonchev–Trinajstić information content (AvgIpc) is 3.08. The Hall–Kier alpha value is -2.30. The summed E-state index contributed by atoms with van der Waals surface area (Å²) in [6.07, 6.45) is 8.68. The first kappa shape index (κ1) is 15.6. The van der Waals surface area contributed by atoms with Gasteiger partial charge in [-0.05, 0) is 50.3 Å². The Morgan fingerprint density at radius 2 is 1.91 bits per heavy atom. The normalized spacial score (nSPS) is 14.7. The Morgan fingerprint density at radius 3 is 2.61 bits per heavy atom. The monoisotopic (exact) mass is 313 g/mol. The van der Waals surface area contributed by atoms with Gasteiger partial charge in [0.15, 0.2) is 0 Å². The van der Waals surface area contributed by atoms with Gasteiger partial charge in [0.1, 0.15) is 11.5 Å². The van der Waals surface area contributed by atoms with Gasteiger partial charge >= 0.3 is 0 Å². The van der Waals surface area contributed by atoms with Crippen LogP contribution < -0.4 is 14.8 Å². The number of aromatic nitrogens is 2. The molecule has 1 saturated carbocycles. The van der Waals surface area contributed by atoms with Crippen LogP contribution in [0.2, 0.25) is 0 Å². The van der Waals surface area contributed by atoms with Crippen LogP contribution >= 0.6 is 0 Å². The van der Waals surface area contributed by atoms with Gasteiger partial charge in [0.25, 0.3) is 0 Å². The van der Waals surface area contributed by atoms with Crippen LogP contribution in [0.5, 0.6) is 11.5 Å². The summed E-state index contributed by atoms with van der Waals surface area (Å²) < 4.78 is 11.5. The summed E-state index contributed by atoms with van der Waals surface area (Å²) in [5.74, 6) is 2.32. The minimum atomic E-state index is 0.316. The number of ether oxygens (including phenoxy) is 2. The summed E-state index contributed by atoms with van der Waals surface area (Å²) in [5, 5.41) is 3.25. The van der Waals surface area contributed by atoms with Crippen molar-refractivity contribution in [3.05, 3.63) is 41.7 Å². The van der Waals surface area contributed by atoms with E-state index in [1.165, 1.54) is 12.8 Å². The van der Waals surface area contributed by atoms with Crippen molar-refractivity contribution in [2.45, 2.75) is 45.3 Å². The number of nitrogens with one attached hydrogen (secondary N) is 1. The molecule has 1 aliphatic carbocycles. The predicted octanol–water partition coefficient (Wildman–Crippen LogP) is 3.73. The second kappa shape index (κ2) is 7.31. The number of aryl methyl sites for hydroxylation is 1. The molecule has 1 aromatic carbocycles. The van der Waals surface area contributed by atoms with Gasteiger partial charge < -0.3 is 14.8 Å². The highest BCUT2D eigenvalue weighted by Crippen LogP contribution is 2.30. The highest BCUT2D eigenvalue weighted by atomic mass is 16.5. The molecule has 0 aliphatic heterocycles. The van der Waals surface area contributed by atoms with E-state index in [9.17, 15) is 0 Å². The van der Waals surface area contributed by atoms with Crippen LogP contribution in [0.4, 0.5) is 5.95 Å². The van der Waals surface area contributed by atoms with E-state index in [0.29, 0.717) is 18.6 Å². The summed E-state index contributed by atoms with van der Waals surface area (Å²) in [4.78, 5) is 8.54. The third-order valence-electron chi connectivity index (χ3n) is 4.09. The lowest BCUT2D eigenvalue weighted by Crippen LogP contribution is -2.13. The third kappa shape index (κ3) is 4.12. The quantitative estimate of drug-likeness (QED) is 0.880. The van der Waals surface area contributed by atoms with Gasteiger partial charge in [-0.15, -0.1) is 0 Å². The van der Waals surface area contributed by atoms with Crippen LogP contribution in [0.15, 0.2) is 30.6 Å². The fourth-order valence-electron chi connectivity index (χ4n) is 2.76. The number of hydrogen-bond donors (Lipinski definition) is 1. The summed E-state index contributed by atoms with van der Waals surface area (Å²) >= 11 is 0. The van der Waals surface area contributed by atoms with E-state index in [1.54, 1.807) is 19.5 Å². The van der Waals surface area contributed by atoms with Crippen LogP contribution in [0.1, 0.15) is 36.8 Å². The smallest absolute Gasteiger partial charge is 0.222 e. The molecular weight excluding hydrogens is 290 g/mol. The number of anilines is 1. The topological polar surface area (TPSA) is 56.3 Å². The molecule has 1 aromatic heterocycles. The number of rotatable bonds is 6. The Kier molecular flexibility index (Phi) is 4.95. The van der Waals surface area contributed by atoms with Crippen molar-refractivity contribution in [1.82, 2.24) is 9.97 Å². The van der Waals surface area contributed by atoms with Crippen molar-refractivity contribution < 1.29 is 9.47 Å². The van der Waals surface area contributed by atoms with Gasteiger partial charge in [-0.2, -0.15) is 0 Å². The minimum Gasteiger partial charge on any atom is -0.497 e. The Balaban J connectivity index is 1.72. The maximum atomic E-state index is 6.20. The maximum absolute atomic E-state index is 6.20. The Labute approximate surface area is 137 Å². The zero-order valence-electron chi connectivity index (χ0n) is 13.7. The summed E-state index contributed by atoms with van der Waals surface area (Å²) in [6, 6.07) is 5.95. The van der Waals surface area contributed by atoms with Gasteiger partial charge in [0.2, 0.25) is 5.95 Å². The first-order valence-corrected chi connectivity index (χ1v) is 8.10. The Bertz CT molecular complexity index is 637. The SMILES string of the molecule is COc1ccc(CNc2ncc(C)cn2)c(OC2CCCC2)c1. The fourth-order valence-corrected chi connectivity index (χ4v) is 2.76. The molecule has 5 nitrogen and oxygen atoms in total. The molecule has 0 unspecified atom stereocenters. The molecule has 1 fully saturated rings. The number of nitrogens with zero attached hydrogens (tertiary/aromatic N) is 2. The fraction of sp³-hybridized carbons (Fsp3) is 0.444. The lowest BCUT2D eigenvalue weighted by molar-refractivity contribution is 0.207. The molecule has 1 aliphatic rings. The van der Waals surface area contributed by atoms with Crippen LogP contribution in [-0.4, -0.2) is 23.2 Å². The molecule has 0 bridgehead atoms. The van der Waals surface area contributed by atoms with Crippen molar-refractivity contribution in [1.29, 1.82) is 0 Å². The molecule has 0 atom stereocenters. The van der Waals surface area contributed by atoms with Crippen molar-refractivity contribution in [3.63, 3.8) is 0 Å². The number of benzene rings is 1. The molecule has 0 radical (unpaired) electrons. The second-order valence-electron chi connectivity index (χ2n) is 5.94. The molecule has 1 heterocycles. The summed E-state index contributed by atoms with van der Waals surface area (Å²) in [5.41, 5.74) is 2.13. The van der Waals surface area contributed by atoms with Gasteiger partial charge in [0.05, 0.1) is 13.2 Å². The molecular formula is C18H23N3O2. The average molecular weight is 313 g/mol. The van der Waals surface area contributed by atoms with Gasteiger partial charge in [-0.3, -0.25) is 0 Å². The molecule has 23 heavy (non-hydrogen) atoms. The van der Waals surface area contributed by atoms with Crippen molar-refractivity contribution in [3.8, 4) is 11.5 Å². The first-order chi connectivity index (χ1) is 11.2. The number of hydrogen-bond acceptors (Lipinski definition) is 5.